The number of nitrogens with one attached hydrogen (secondary N) is 3. The molecule has 2 rings (SSSR count). The Balaban J connectivity index is 0.00000420. The summed E-state index contributed by atoms with van der Waals surface area (Å²) in [7, 11) is 0. The van der Waals surface area contributed by atoms with E-state index < -0.39 is 0 Å². The number of hydrogen-bond acceptors (Lipinski definition) is 3. The van der Waals surface area contributed by atoms with Gasteiger partial charge in [0.25, 0.3) is 0 Å². The minimum absolute atomic E-state index is 0. The summed E-state index contributed by atoms with van der Waals surface area (Å²) < 4.78 is 0. The van der Waals surface area contributed by atoms with Crippen LogP contribution in [0.5, 0.6) is 0 Å². The van der Waals surface area contributed by atoms with E-state index in [4.69, 9.17) is 4.99 Å². The quantitative estimate of drug-likeness (QED) is 0.229. The van der Waals surface area contributed by atoms with E-state index in [0.29, 0.717) is 0 Å². The van der Waals surface area contributed by atoms with E-state index in [2.05, 4.69) is 22.9 Å². The second kappa shape index (κ2) is 13.8. The molecular weight excluding hydrogens is 479 g/mol. The summed E-state index contributed by atoms with van der Waals surface area (Å²) in [6.45, 7) is 6.21. The SMILES string of the molecule is CCNC(=NCC1(CCO)CCCCC1)NCCc1ccc(NC(C)=O)cc1.I. The molecule has 0 atom stereocenters. The third-order valence-electron chi connectivity index (χ3n) is 5.45. The normalized spacial score (nSPS) is 15.9. The molecule has 0 spiro atoms. The van der Waals surface area contributed by atoms with Gasteiger partial charge in [-0.25, -0.2) is 0 Å². The molecule has 0 aliphatic heterocycles. The molecule has 0 radical (unpaired) electrons. The minimum atomic E-state index is -0.0576. The van der Waals surface area contributed by atoms with E-state index in [1.54, 1.807) is 0 Å². The largest absolute Gasteiger partial charge is 0.396 e. The standard InChI is InChI=1S/C22H36N4O2.HI/c1-3-23-21(25-17-22(14-16-27)12-5-4-6-13-22)24-15-11-19-7-9-20(10-8-19)26-18(2)28;/h7-10,27H,3-6,11-17H2,1-2H3,(H,26,28)(H2,23,24,25);1H. The van der Waals surface area contributed by atoms with Gasteiger partial charge in [0.2, 0.25) is 5.91 Å². The van der Waals surface area contributed by atoms with Crippen molar-refractivity contribution >= 4 is 41.5 Å². The monoisotopic (exact) mass is 516 g/mol. The van der Waals surface area contributed by atoms with Crippen molar-refractivity contribution in [1.82, 2.24) is 10.6 Å². The zero-order valence-corrected chi connectivity index (χ0v) is 20.1. The highest BCUT2D eigenvalue weighted by Crippen LogP contribution is 2.39. The molecule has 0 saturated heterocycles. The maximum atomic E-state index is 11.1. The van der Waals surface area contributed by atoms with E-state index in [9.17, 15) is 9.90 Å². The summed E-state index contributed by atoms with van der Waals surface area (Å²) in [4.78, 5) is 15.9. The third kappa shape index (κ3) is 9.33. The van der Waals surface area contributed by atoms with Gasteiger partial charge in [0.15, 0.2) is 5.96 Å². The molecule has 1 fully saturated rings. The van der Waals surface area contributed by atoms with Crippen molar-refractivity contribution in [3.63, 3.8) is 0 Å². The number of carbonyl (C=O) groups excluding carboxylic acids is 1. The smallest absolute Gasteiger partial charge is 0.221 e. The molecular formula is C22H37IN4O2. The van der Waals surface area contributed by atoms with Crippen LogP contribution in [-0.4, -0.2) is 43.2 Å². The van der Waals surface area contributed by atoms with Crippen molar-refractivity contribution < 1.29 is 9.90 Å². The van der Waals surface area contributed by atoms with Crippen LogP contribution in [0.3, 0.4) is 0 Å². The number of amides is 1. The highest BCUT2D eigenvalue weighted by Gasteiger charge is 2.31. The second-order valence-corrected chi connectivity index (χ2v) is 7.78. The molecule has 6 nitrogen and oxygen atoms in total. The van der Waals surface area contributed by atoms with E-state index in [1.165, 1.54) is 31.7 Å². The first-order valence-electron chi connectivity index (χ1n) is 10.6. The molecule has 0 heterocycles. The Morgan fingerprint density at radius 3 is 2.41 bits per heavy atom. The van der Waals surface area contributed by atoms with Crippen molar-refractivity contribution in [2.45, 2.75) is 58.8 Å². The van der Waals surface area contributed by atoms with Gasteiger partial charge in [0.05, 0.1) is 0 Å². The van der Waals surface area contributed by atoms with Crippen LogP contribution in [0.4, 0.5) is 5.69 Å². The number of nitrogens with zero attached hydrogens (tertiary/aromatic N) is 1. The molecule has 0 aromatic heterocycles. The van der Waals surface area contributed by atoms with Gasteiger partial charge < -0.3 is 21.1 Å². The third-order valence-corrected chi connectivity index (χ3v) is 5.45. The summed E-state index contributed by atoms with van der Waals surface area (Å²) in [6.07, 6.45) is 7.84. The van der Waals surface area contributed by atoms with Crippen molar-refractivity contribution in [1.29, 1.82) is 0 Å². The molecule has 7 heteroatoms. The number of rotatable bonds is 9. The summed E-state index contributed by atoms with van der Waals surface area (Å²) in [6, 6.07) is 7.93. The van der Waals surface area contributed by atoms with Gasteiger partial charge in [-0.3, -0.25) is 9.79 Å². The topological polar surface area (TPSA) is 85.8 Å². The summed E-state index contributed by atoms with van der Waals surface area (Å²) >= 11 is 0. The van der Waals surface area contributed by atoms with Gasteiger partial charge >= 0.3 is 0 Å². The minimum Gasteiger partial charge on any atom is -0.396 e. The number of aliphatic hydroxyl groups is 1. The van der Waals surface area contributed by atoms with Gasteiger partial charge in [-0.15, -0.1) is 24.0 Å². The molecule has 1 aliphatic carbocycles. The molecule has 1 amide bonds. The van der Waals surface area contributed by atoms with E-state index >= 15 is 0 Å². The first kappa shape index (κ1) is 25.7. The molecule has 1 saturated carbocycles. The number of aliphatic imine (C=N–C) groups is 1. The summed E-state index contributed by atoms with van der Waals surface area (Å²) in [5.74, 6) is 0.790. The van der Waals surface area contributed by atoms with Crippen LogP contribution in [0.15, 0.2) is 29.3 Å². The summed E-state index contributed by atoms with van der Waals surface area (Å²) in [5.41, 5.74) is 2.19. The lowest BCUT2D eigenvalue weighted by Crippen LogP contribution is -2.40. The number of guanidine groups is 1. The predicted octanol–water partition coefficient (Wildman–Crippen LogP) is 3.69. The Morgan fingerprint density at radius 2 is 1.83 bits per heavy atom. The van der Waals surface area contributed by atoms with Crippen LogP contribution in [0.25, 0.3) is 0 Å². The fourth-order valence-electron chi connectivity index (χ4n) is 3.90. The average molecular weight is 516 g/mol. The van der Waals surface area contributed by atoms with Crippen molar-refractivity contribution in [2.75, 3.05) is 31.6 Å². The van der Waals surface area contributed by atoms with E-state index in [0.717, 1.165) is 57.0 Å². The fourth-order valence-corrected chi connectivity index (χ4v) is 3.90. The Bertz CT molecular complexity index is 623. The lowest BCUT2D eigenvalue weighted by Gasteiger charge is -2.35. The maximum absolute atomic E-state index is 11.1. The molecule has 4 N–H and O–H groups in total. The zero-order chi connectivity index (χ0) is 20.2. The van der Waals surface area contributed by atoms with E-state index in [-0.39, 0.29) is 41.9 Å². The Kier molecular flexibility index (Phi) is 12.2. The molecule has 29 heavy (non-hydrogen) atoms. The Morgan fingerprint density at radius 1 is 1.14 bits per heavy atom. The molecule has 1 aliphatic rings. The first-order chi connectivity index (χ1) is 13.6. The first-order valence-corrected chi connectivity index (χ1v) is 10.6. The van der Waals surface area contributed by atoms with Gasteiger partial charge in [0, 0.05) is 38.9 Å². The second-order valence-electron chi connectivity index (χ2n) is 7.78. The fraction of sp³-hybridized carbons (Fsp3) is 0.636. The highest BCUT2D eigenvalue weighted by atomic mass is 127. The van der Waals surface area contributed by atoms with Crippen LogP contribution in [0, 0.1) is 5.41 Å². The maximum Gasteiger partial charge on any atom is 0.221 e. The van der Waals surface area contributed by atoms with Gasteiger partial charge in [-0.1, -0.05) is 31.4 Å². The van der Waals surface area contributed by atoms with Crippen LogP contribution < -0.4 is 16.0 Å². The number of anilines is 1. The van der Waals surface area contributed by atoms with Crippen LogP contribution in [-0.2, 0) is 11.2 Å². The molecule has 1 aromatic carbocycles. The average Bonchev–Trinajstić information content (AvgIpc) is 2.68. The summed E-state index contributed by atoms with van der Waals surface area (Å²) in [5, 5.41) is 19.0. The molecule has 1 aromatic rings. The van der Waals surface area contributed by atoms with Crippen LogP contribution in [0.1, 0.15) is 57.9 Å². The van der Waals surface area contributed by atoms with Crippen molar-refractivity contribution in [2.24, 2.45) is 10.4 Å². The van der Waals surface area contributed by atoms with Crippen molar-refractivity contribution in [3.8, 4) is 0 Å². The van der Waals surface area contributed by atoms with Crippen LogP contribution in [0.2, 0.25) is 0 Å². The number of carbonyl (C=O) groups is 1. The number of benzene rings is 1. The van der Waals surface area contributed by atoms with Gasteiger partial charge in [-0.2, -0.15) is 0 Å². The lowest BCUT2D eigenvalue weighted by molar-refractivity contribution is -0.114. The molecule has 164 valence electrons. The van der Waals surface area contributed by atoms with Gasteiger partial charge in [0.1, 0.15) is 0 Å². The number of aliphatic hydroxyl groups excluding tert-OH is 1. The molecule has 0 unspecified atom stereocenters. The lowest BCUT2D eigenvalue weighted by atomic mass is 9.72. The zero-order valence-electron chi connectivity index (χ0n) is 17.8. The van der Waals surface area contributed by atoms with E-state index in [1.807, 2.05) is 24.3 Å². The van der Waals surface area contributed by atoms with Crippen LogP contribution >= 0.6 is 24.0 Å². The van der Waals surface area contributed by atoms with Crippen molar-refractivity contribution in [3.05, 3.63) is 29.8 Å². The van der Waals surface area contributed by atoms with Gasteiger partial charge in [-0.05, 0) is 55.7 Å². The predicted molar refractivity (Wildman–Crippen MR) is 131 cm³/mol. The molecule has 0 bridgehead atoms. The number of hydrogen-bond donors (Lipinski definition) is 4. The number of halogens is 1. The Labute approximate surface area is 192 Å². The highest BCUT2D eigenvalue weighted by molar-refractivity contribution is 14.0. The Hall–Kier alpha value is -1.35.